The van der Waals surface area contributed by atoms with Gasteiger partial charge in [-0.3, -0.25) is 9.97 Å². The lowest BCUT2D eigenvalue weighted by molar-refractivity contribution is 0.0845. The minimum Gasteiger partial charge on any atom is -0.381 e. The summed E-state index contributed by atoms with van der Waals surface area (Å²) >= 11 is 16.0. The van der Waals surface area contributed by atoms with Crippen LogP contribution in [0.2, 0.25) is 10.0 Å². The number of nitrogens with zero attached hydrogens (tertiary/aromatic N) is 2. The van der Waals surface area contributed by atoms with Crippen molar-refractivity contribution >= 4 is 67.0 Å². The van der Waals surface area contributed by atoms with Crippen LogP contribution in [0, 0.1) is 0 Å². The smallest absolute Gasteiger partial charge is 0.0892 e. The van der Waals surface area contributed by atoms with Gasteiger partial charge in [0.05, 0.1) is 21.1 Å². The molecule has 0 saturated carbocycles. The Morgan fingerprint density at radius 3 is 1.73 bits per heavy atom. The average molecular weight is 600 g/mol. The van der Waals surface area contributed by atoms with Crippen molar-refractivity contribution in [2.24, 2.45) is 0 Å². The van der Waals surface area contributed by atoms with E-state index in [2.05, 4.69) is 52.8 Å². The normalized spacial score (nSPS) is 16.9. The van der Waals surface area contributed by atoms with Gasteiger partial charge in [0, 0.05) is 64.9 Å². The highest BCUT2D eigenvalue weighted by atomic mass is 79.9. The van der Waals surface area contributed by atoms with Crippen molar-refractivity contribution in [1.29, 1.82) is 0 Å². The Labute approximate surface area is 236 Å². The number of rotatable bonds is 3. The molecule has 0 amide bonds. The van der Waals surface area contributed by atoms with Crippen molar-refractivity contribution < 1.29 is 9.47 Å². The Kier molecular flexibility index (Phi) is 8.78. The summed E-state index contributed by atoms with van der Waals surface area (Å²) in [7, 11) is 0. The van der Waals surface area contributed by atoms with Crippen LogP contribution >= 0.6 is 39.1 Å². The molecular formula is C30H29BrCl2N2O2. The molecule has 2 saturated heterocycles. The Bertz CT molecular complexity index is 1420. The van der Waals surface area contributed by atoms with Crippen LogP contribution < -0.4 is 0 Å². The number of hydrogen-bond donors (Lipinski definition) is 0. The summed E-state index contributed by atoms with van der Waals surface area (Å²) in [6.07, 6.45) is 5.98. The van der Waals surface area contributed by atoms with Crippen molar-refractivity contribution in [3.63, 3.8) is 0 Å². The van der Waals surface area contributed by atoms with E-state index in [9.17, 15) is 0 Å². The second kappa shape index (κ2) is 12.2. The lowest BCUT2D eigenvalue weighted by atomic mass is 9.95. The van der Waals surface area contributed by atoms with Crippen molar-refractivity contribution in [3.05, 3.63) is 86.6 Å². The maximum atomic E-state index is 6.32. The van der Waals surface area contributed by atoms with E-state index in [4.69, 9.17) is 42.6 Å². The van der Waals surface area contributed by atoms with Crippen LogP contribution in [0.1, 0.15) is 54.5 Å². The lowest BCUT2D eigenvalue weighted by Crippen LogP contribution is -2.15. The molecule has 0 bridgehead atoms. The van der Waals surface area contributed by atoms with Gasteiger partial charge in [-0.25, -0.2) is 0 Å². The van der Waals surface area contributed by atoms with E-state index in [0.717, 1.165) is 95.3 Å². The Morgan fingerprint density at radius 2 is 1.22 bits per heavy atom. The van der Waals surface area contributed by atoms with Crippen molar-refractivity contribution in [3.8, 4) is 0 Å². The molecule has 0 atom stereocenters. The predicted molar refractivity (Wildman–Crippen MR) is 157 cm³/mol. The van der Waals surface area contributed by atoms with Gasteiger partial charge in [0.1, 0.15) is 0 Å². The van der Waals surface area contributed by atoms with Crippen molar-refractivity contribution in [1.82, 2.24) is 9.97 Å². The first kappa shape index (κ1) is 26.6. The molecule has 2 fully saturated rings. The molecule has 37 heavy (non-hydrogen) atoms. The highest BCUT2D eigenvalue weighted by Gasteiger charge is 2.19. The first-order chi connectivity index (χ1) is 18.0. The number of ether oxygens (including phenoxy) is 2. The second-order valence-corrected chi connectivity index (χ2v) is 11.2. The molecule has 7 heteroatoms. The summed E-state index contributed by atoms with van der Waals surface area (Å²) < 4.78 is 11.8. The highest BCUT2D eigenvalue weighted by Crippen LogP contribution is 2.32. The van der Waals surface area contributed by atoms with Gasteiger partial charge in [0.15, 0.2) is 0 Å². The molecule has 6 rings (SSSR count). The van der Waals surface area contributed by atoms with Gasteiger partial charge < -0.3 is 9.47 Å². The van der Waals surface area contributed by atoms with Crippen LogP contribution in [-0.4, -0.2) is 36.4 Å². The summed E-state index contributed by atoms with van der Waals surface area (Å²) in [5.74, 6) is 0.996. The number of benzene rings is 2. The number of aromatic nitrogens is 2. The van der Waals surface area contributed by atoms with E-state index in [1.807, 2.05) is 18.2 Å². The van der Waals surface area contributed by atoms with Crippen LogP contribution in [0.25, 0.3) is 27.9 Å². The third kappa shape index (κ3) is 6.35. The van der Waals surface area contributed by atoms with Gasteiger partial charge in [0.25, 0.3) is 0 Å². The fourth-order valence-corrected chi connectivity index (χ4v) is 6.11. The minimum atomic E-state index is 0.494. The van der Waals surface area contributed by atoms with Gasteiger partial charge in [0.2, 0.25) is 0 Å². The summed E-state index contributed by atoms with van der Waals surface area (Å²) in [4.78, 5) is 9.48. The first-order valence-electron chi connectivity index (χ1n) is 12.7. The van der Waals surface area contributed by atoms with Crippen LogP contribution in [0.15, 0.2) is 59.6 Å². The van der Waals surface area contributed by atoms with E-state index in [-0.39, 0.29) is 0 Å². The van der Waals surface area contributed by atoms with E-state index >= 15 is 0 Å². The number of fused-ring (bicyclic) bond motifs is 2. The molecule has 0 aliphatic carbocycles. The molecule has 0 N–H and O–H groups in total. The van der Waals surface area contributed by atoms with Crippen LogP contribution in [0.3, 0.4) is 0 Å². The SMILES string of the molecule is C=Cc1cc(Cl)c2nc(C3CCOCC3)ccc2c1.Clc1cc(Br)cc2ccc(C3CCOCC3)nc12. The summed E-state index contributed by atoms with van der Waals surface area (Å²) in [6.45, 7) is 7.09. The van der Waals surface area contributed by atoms with E-state index < -0.39 is 0 Å². The van der Waals surface area contributed by atoms with Gasteiger partial charge in [-0.05, 0) is 67.6 Å². The molecule has 4 aromatic rings. The quantitative estimate of drug-likeness (QED) is 0.236. The average Bonchev–Trinajstić information content (AvgIpc) is 2.94. The Balaban J connectivity index is 0.000000152. The zero-order valence-electron chi connectivity index (χ0n) is 20.6. The maximum Gasteiger partial charge on any atom is 0.0892 e. The molecule has 0 unspecified atom stereocenters. The van der Waals surface area contributed by atoms with Gasteiger partial charge in [-0.2, -0.15) is 0 Å². The van der Waals surface area contributed by atoms with E-state index in [1.54, 1.807) is 6.08 Å². The molecule has 192 valence electrons. The standard InChI is InChI=1S/C16H16ClNO.C14H13BrClNO/c1-2-11-9-13-3-4-15(12-5-7-19-8-6-12)18-16(13)14(17)10-11;15-11-7-10-1-2-13(9-3-5-18-6-4-9)17-14(10)12(16)8-11/h2-4,9-10,12H,1,5-8H2;1-2,7-9H,3-6H2. The number of halogens is 3. The Hall–Kier alpha value is -2.02. The van der Waals surface area contributed by atoms with Gasteiger partial charge in [-0.15, -0.1) is 0 Å². The van der Waals surface area contributed by atoms with E-state index in [0.29, 0.717) is 21.9 Å². The first-order valence-corrected chi connectivity index (χ1v) is 14.2. The molecular weight excluding hydrogens is 571 g/mol. The third-order valence-electron chi connectivity index (χ3n) is 7.04. The summed E-state index contributed by atoms with van der Waals surface area (Å²) in [5.41, 5.74) is 5.07. The second-order valence-electron chi connectivity index (χ2n) is 9.48. The van der Waals surface area contributed by atoms with Crippen molar-refractivity contribution in [2.75, 3.05) is 26.4 Å². The molecule has 2 aromatic carbocycles. The number of pyridine rings is 2. The lowest BCUT2D eigenvalue weighted by Gasteiger charge is -2.21. The highest BCUT2D eigenvalue weighted by molar-refractivity contribution is 9.10. The fourth-order valence-electron chi connectivity index (χ4n) is 4.96. The number of hydrogen-bond acceptors (Lipinski definition) is 4. The fraction of sp³-hybridized carbons (Fsp3) is 0.333. The maximum absolute atomic E-state index is 6.32. The summed E-state index contributed by atoms with van der Waals surface area (Å²) in [5, 5.41) is 3.54. The third-order valence-corrected chi connectivity index (χ3v) is 8.07. The van der Waals surface area contributed by atoms with Gasteiger partial charge >= 0.3 is 0 Å². The summed E-state index contributed by atoms with van der Waals surface area (Å²) in [6, 6.07) is 16.3. The van der Waals surface area contributed by atoms with Crippen LogP contribution in [-0.2, 0) is 9.47 Å². The molecule has 2 aliphatic heterocycles. The van der Waals surface area contributed by atoms with Gasteiger partial charge in [-0.1, -0.05) is 63.9 Å². The molecule has 4 heterocycles. The Morgan fingerprint density at radius 1 is 0.730 bits per heavy atom. The minimum absolute atomic E-state index is 0.494. The molecule has 2 aromatic heterocycles. The predicted octanol–water partition coefficient (Wildman–Crippen LogP) is 8.97. The largest absolute Gasteiger partial charge is 0.381 e. The topological polar surface area (TPSA) is 44.2 Å². The molecule has 4 nitrogen and oxygen atoms in total. The zero-order chi connectivity index (χ0) is 25.8. The molecule has 0 spiro atoms. The zero-order valence-corrected chi connectivity index (χ0v) is 23.7. The monoisotopic (exact) mass is 598 g/mol. The van der Waals surface area contributed by atoms with Crippen LogP contribution in [0.5, 0.6) is 0 Å². The van der Waals surface area contributed by atoms with Crippen LogP contribution in [0.4, 0.5) is 0 Å². The molecule has 2 aliphatic rings. The van der Waals surface area contributed by atoms with Crippen molar-refractivity contribution in [2.45, 2.75) is 37.5 Å². The molecule has 0 radical (unpaired) electrons. The van der Waals surface area contributed by atoms with E-state index in [1.165, 1.54) is 0 Å².